The Morgan fingerprint density at radius 1 is 1.50 bits per heavy atom. The van der Waals surface area contributed by atoms with E-state index >= 15 is 0 Å². The number of benzene rings is 1. The van der Waals surface area contributed by atoms with Crippen molar-refractivity contribution in [1.82, 2.24) is 5.32 Å². The van der Waals surface area contributed by atoms with Crippen LogP contribution in [0.15, 0.2) is 29.4 Å². The van der Waals surface area contributed by atoms with Gasteiger partial charge in [-0.2, -0.15) is 0 Å². The van der Waals surface area contributed by atoms with E-state index in [-0.39, 0.29) is 11.9 Å². The van der Waals surface area contributed by atoms with Crippen molar-refractivity contribution in [1.29, 1.82) is 0 Å². The average Bonchev–Trinajstić information content (AvgIpc) is 2.96. The Hall–Kier alpha value is -1.95. The number of nitrogens with one attached hydrogen (secondary N) is 1. The second-order valence-electron chi connectivity index (χ2n) is 6.02. The summed E-state index contributed by atoms with van der Waals surface area (Å²) in [5, 5.41) is 16.7. The van der Waals surface area contributed by atoms with Gasteiger partial charge >= 0.3 is 5.97 Å². The van der Waals surface area contributed by atoms with Crippen LogP contribution in [0.3, 0.4) is 0 Å². The number of carbonyl (C=O) groups is 1. The molecule has 118 valence electrons. The van der Waals surface area contributed by atoms with Gasteiger partial charge in [0, 0.05) is 24.9 Å². The molecule has 22 heavy (non-hydrogen) atoms. The van der Waals surface area contributed by atoms with E-state index in [1.165, 1.54) is 6.07 Å². The van der Waals surface area contributed by atoms with Crippen LogP contribution in [0.2, 0.25) is 0 Å². The Morgan fingerprint density at radius 2 is 2.32 bits per heavy atom. The van der Waals surface area contributed by atoms with Gasteiger partial charge in [0.15, 0.2) is 0 Å². The molecule has 3 rings (SSSR count). The molecule has 0 aliphatic carbocycles. The van der Waals surface area contributed by atoms with Crippen LogP contribution in [0.5, 0.6) is 0 Å². The molecule has 6 heteroatoms. The Kier molecular flexibility index (Phi) is 4.11. The highest BCUT2D eigenvalue weighted by Gasteiger charge is 2.43. The van der Waals surface area contributed by atoms with Crippen LogP contribution in [0.4, 0.5) is 4.39 Å². The molecule has 5 nitrogen and oxygen atoms in total. The largest absolute Gasteiger partial charge is 0.481 e. The first-order chi connectivity index (χ1) is 10.6. The summed E-state index contributed by atoms with van der Waals surface area (Å²) in [6, 6.07) is 6.42. The van der Waals surface area contributed by atoms with Crippen molar-refractivity contribution < 1.29 is 19.1 Å². The SMILES string of the molecule is O=C(O)C1(CC2CC(c3ccccc3F)=NO2)CCCNC1. The van der Waals surface area contributed by atoms with E-state index in [4.69, 9.17) is 4.84 Å². The zero-order valence-electron chi connectivity index (χ0n) is 12.2. The van der Waals surface area contributed by atoms with Gasteiger partial charge in [-0.1, -0.05) is 23.4 Å². The van der Waals surface area contributed by atoms with Gasteiger partial charge in [0.25, 0.3) is 0 Å². The topological polar surface area (TPSA) is 70.9 Å². The fraction of sp³-hybridized carbons (Fsp3) is 0.500. The maximum atomic E-state index is 13.8. The van der Waals surface area contributed by atoms with Gasteiger partial charge in [0.1, 0.15) is 11.9 Å². The zero-order chi connectivity index (χ0) is 15.6. The fourth-order valence-corrected chi connectivity index (χ4v) is 3.24. The first-order valence-corrected chi connectivity index (χ1v) is 7.52. The Morgan fingerprint density at radius 3 is 3.00 bits per heavy atom. The average molecular weight is 306 g/mol. The van der Waals surface area contributed by atoms with E-state index in [0.717, 1.165) is 13.0 Å². The summed E-state index contributed by atoms with van der Waals surface area (Å²) >= 11 is 0. The molecule has 1 aromatic carbocycles. The van der Waals surface area contributed by atoms with Gasteiger partial charge in [0.05, 0.1) is 11.1 Å². The molecular formula is C16H19FN2O3. The van der Waals surface area contributed by atoms with E-state index in [0.29, 0.717) is 37.1 Å². The first-order valence-electron chi connectivity index (χ1n) is 7.52. The lowest BCUT2D eigenvalue weighted by Crippen LogP contribution is -2.47. The third kappa shape index (κ3) is 2.83. The van der Waals surface area contributed by atoms with Crippen molar-refractivity contribution in [3.63, 3.8) is 0 Å². The quantitative estimate of drug-likeness (QED) is 0.894. The van der Waals surface area contributed by atoms with Gasteiger partial charge in [-0.15, -0.1) is 0 Å². The van der Waals surface area contributed by atoms with Crippen molar-refractivity contribution in [2.45, 2.75) is 31.8 Å². The molecular weight excluding hydrogens is 287 g/mol. The molecule has 1 saturated heterocycles. The summed E-state index contributed by atoms with van der Waals surface area (Å²) < 4.78 is 13.8. The number of nitrogens with zero attached hydrogens (tertiary/aromatic N) is 1. The molecule has 2 unspecified atom stereocenters. The normalized spacial score (nSPS) is 28.0. The number of hydrogen-bond donors (Lipinski definition) is 2. The molecule has 0 spiro atoms. The number of rotatable bonds is 4. The maximum absolute atomic E-state index is 13.8. The van der Waals surface area contributed by atoms with Gasteiger partial charge in [-0.25, -0.2) is 4.39 Å². The molecule has 0 amide bonds. The maximum Gasteiger partial charge on any atom is 0.311 e. The van der Waals surface area contributed by atoms with Crippen LogP contribution < -0.4 is 5.32 Å². The van der Waals surface area contributed by atoms with Crippen molar-refractivity contribution in [3.8, 4) is 0 Å². The summed E-state index contributed by atoms with van der Waals surface area (Å²) in [6.07, 6.45) is 1.97. The van der Waals surface area contributed by atoms with Crippen molar-refractivity contribution in [2.75, 3.05) is 13.1 Å². The highest BCUT2D eigenvalue weighted by Crippen LogP contribution is 2.35. The highest BCUT2D eigenvalue weighted by atomic mass is 19.1. The predicted molar refractivity (Wildman–Crippen MR) is 79.2 cm³/mol. The van der Waals surface area contributed by atoms with Gasteiger partial charge < -0.3 is 15.3 Å². The van der Waals surface area contributed by atoms with Crippen LogP contribution in [-0.4, -0.2) is 36.0 Å². The number of halogens is 1. The van der Waals surface area contributed by atoms with Gasteiger partial charge in [-0.05, 0) is 25.5 Å². The number of carboxylic acids is 1. The molecule has 1 fully saturated rings. The molecule has 0 radical (unpaired) electrons. The summed E-state index contributed by atoms with van der Waals surface area (Å²) in [5.74, 6) is -1.14. The van der Waals surface area contributed by atoms with Gasteiger partial charge in [-0.3, -0.25) is 4.79 Å². The molecule has 2 heterocycles. The molecule has 2 aliphatic rings. The van der Waals surface area contributed by atoms with E-state index in [1.807, 2.05) is 0 Å². The molecule has 2 atom stereocenters. The number of aliphatic carboxylic acids is 1. The molecule has 2 aliphatic heterocycles. The molecule has 0 aromatic heterocycles. The third-order valence-corrected chi connectivity index (χ3v) is 4.46. The lowest BCUT2D eigenvalue weighted by molar-refractivity contribution is -0.152. The number of piperidine rings is 1. The van der Waals surface area contributed by atoms with Crippen molar-refractivity contribution in [2.24, 2.45) is 10.6 Å². The summed E-state index contributed by atoms with van der Waals surface area (Å²) in [4.78, 5) is 17.1. The Labute approximate surface area is 128 Å². The van der Waals surface area contributed by atoms with Crippen molar-refractivity contribution in [3.05, 3.63) is 35.6 Å². The first kappa shape index (κ1) is 15.0. The molecule has 0 bridgehead atoms. The third-order valence-electron chi connectivity index (χ3n) is 4.46. The van der Waals surface area contributed by atoms with Crippen molar-refractivity contribution >= 4 is 11.7 Å². The van der Waals surface area contributed by atoms with Crippen LogP contribution >= 0.6 is 0 Å². The molecule has 1 aromatic rings. The minimum atomic E-state index is -0.816. The zero-order valence-corrected chi connectivity index (χ0v) is 12.2. The minimum absolute atomic E-state index is 0.314. The monoisotopic (exact) mass is 306 g/mol. The predicted octanol–water partition coefficient (Wildman–Crippen LogP) is 2.16. The molecule has 2 N–H and O–H groups in total. The number of hydrogen-bond acceptors (Lipinski definition) is 4. The van der Waals surface area contributed by atoms with Crippen LogP contribution in [0.1, 0.15) is 31.2 Å². The van der Waals surface area contributed by atoms with E-state index in [2.05, 4.69) is 10.5 Å². The Bertz CT molecular complexity index is 597. The lowest BCUT2D eigenvalue weighted by Gasteiger charge is -2.34. The molecule has 0 saturated carbocycles. The summed E-state index contributed by atoms with van der Waals surface area (Å²) in [7, 11) is 0. The van der Waals surface area contributed by atoms with Gasteiger partial charge in [0.2, 0.25) is 0 Å². The standard InChI is InChI=1S/C16H19FN2O3/c17-13-5-2-1-4-12(13)14-8-11(22-19-14)9-16(15(20)21)6-3-7-18-10-16/h1-2,4-5,11,18H,3,6-10H2,(H,20,21). The highest BCUT2D eigenvalue weighted by molar-refractivity contribution is 6.01. The minimum Gasteiger partial charge on any atom is -0.481 e. The number of oxime groups is 1. The summed E-state index contributed by atoms with van der Waals surface area (Å²) in [6.45, 7) is 1.29. The van der Waals surface area contributed by atoms with Crippen LogP contribution in [0.25, 0.3) is 0 Å². The van der Waals surface area contributed by atoms with Crippen LogP contribution in [0, 0.1) is 11.2 Å². The fourth-order valence-electron chi connectivity index (χ4n) is 3.24. The Balaban J connectivity index is 1.69. The number of carboxylic acid groups (broad SMARTS) is 1. The summed E-state index contributed by atoms with van der Waals surface area (Å²) in [5.41, 5.74) is 0.159. The van der Waals surface area contributed by atoms with Crippen LogP contribution in [-0.2, 0) is 9.63 Å². The second kappa shape index (κ2) is 6.04. The lowest BCUT2D eigenvalue weighted by atomic mass is 9.75. The van der Waals surface area contributed by atoms with E-state index in [1.54, 1.807) is 18.2 Å². The van der Waals surface area contributed by atoms with E-state index < -0.39 is 11.4 Å². The second-order valence-corrected chi connectivity index (χ2v) is 6.02. The van der Waals surface area contributed by atoms with E-state index in [9.17, 15) is 14.3 Å². The smallest absolute Gasteiger partial charge is 0.311 e.